The minimum atomic E-state index is 0.250. The summed E-state index contributed by atoms with van der Waals surface area (Å²) in [7, 11) is 0. The molecule has 0 spiro atoms. The molecule has 98 valence electrons. The fraction of sp³-hybridized carbons (Fsp3) is 1.00. The minimum absolute atomic E-state index is 0.250. The predicted molar refractivity (Wildman–Crippen MR) is 73.6 cm³/mol. The number of nitrogens with zero attached hydrogens (tertiary/aromatic N) is 1. The molecule has 0 aliphatic carbocycles. The monoisotopic (exact) mass is 228 g/mol. The topological polar surface area (TPSA) is 29.3 Å². The van der Waals surface area contributed by atoms with Crippen LogP contribution in [0.2, 0.25) is 0 Å². The summed E-state index contributed by atoms with van der Waals surface area (Å²) in [5.41, 5.74) is 6.56. The molecule has 2 N–H and O–H groups in total. The Kier molecular flexibility index (Phi) is 6.57. The molecule has 16 heavy (non-hydrogen) atoms. The van der Waals surface area contributed by atoms with Gasteiger partial charge in [-0.3, -0.25) is 4.90 Å². The van der Waals surface area contributed by atoms with Crippen LogP contribution >= 0.6 is 0 Å². The third kappa shape index (κ3) is 4.84. The third-order valence-corrected chi connectivity index (χ3v) is 3.16. The van der Waals surface area contributed by atoms with Crippen molar-refractivity contribution in [2.75, 3.05) is 13.1 Å². The zero-order valence-electron chi connectivity index (χ0n) is 12.4. The lowest BCUT2D eigenvalue weighted by Crippen LogP contribution is -2.55. The van der Waals surface area contributed by atoms with Gasteiger partial charge in [0.25, 0.3) is 0 Å². The molecule has 2 nitrogen and oxygen atoms in total. The molecular weight excluding hydrogens is 196 g/mol. The molecule has 0 heterocycles. The Balaban J connectivity index is 4.84. The van der Waals surface area contributed by atoms with Gasteiger partial charge in [-0.1, -0.05) is 48.5 Å². The van der Waals surface area contributed by atoms with Crippen molar-refractivity contribution in [3.05, 3.63) is 0 Å². The van der Waals surface area contributed by atoms with E-state index in [1.165, 1.54) is 0 Å². The summed E-state index contributed by atoms with van der Waals surface area (Å²) in [4.78, 5) is 2.55. The van der Waals surface area contributed by atoms with Crippen molar-refractivity contribution < 1.29 is 0 Å². The van der Waals surface area contributed by atoms with Crippen molar-refractivity contribution in [2.24, 2.45) is 17.1 Å². The third-order valence-electron chi connectivity index (χ3n) is 3.16. The molecule has 2 atom stereocenters. The molecule has 0 bridgehead atoms. The molecule has 0 saturated carbocycles. The van der Waals surface area contributed by atoms with Gasteiger partial charge < -0.3 is 5.73 Å². The van der Waals surface area contributed by atoms with Crippen molar-refractivity contribution >= 4 is 0 Å². The molecule has 0 aromatic rings. The first-order chi connectivity index (χ1) is 7.23. The number of likely N-dealkylation sites (N-methyl/N-ethyl adjacent to an activating group) is 1. The average molecular weight is 228 g/mol. The van der Waals surface area contributed by atoms with E-state index in [1.807, 2.05) is 0 Å². The van der Waals surface area contributed by atoms with E-state index in [0.717, 1.165) is 19.5 Å². The van der Waals surface area contributed by atoms with E-state index < -0.39 is 0 Å². The second-order valence-electron chi connectivity index (χ2n) is 6.36. The fourth-order valence-corrected chi connectivity index (χ4v) is 2.59. The maximum atomic E-state index is 6.31. The largest absolute Gasteiger partial charge is 0.326 e. The van der Waals surface area contributed by atoms with Gasteiger partial charge in [0.05, 0.1) is 0 Å². The van der Waals surface area contributed by atoms with Crippen LogP contribution < -0.4 is 5.73 Å². The normalized spacial score (nSPS) is 16.9. The van der Waals surface area contributed by atoms with E-state index in [0.29, 0.717) is 12.0 Å². The molecule has 0 amide bonds. The van der Waals surface area contributed by atoms with Gasteiger partial charge in [-0.25, -0.2) is 0 Å². The SMILES string of the molecule is CCC(N)C(N(CC)CC(C)C)C(C)(C)C. The number of hydrogen-bond acceptors (Lipinski definition) is 2. The Morgan fingerprint density at radius 2 is 1.62 bits per heavy atom. The summed E-state index contributed by atoms with van der Waals surface area (Å²) < 4.78 is 0. The van der Waals surface area contributed by atoms with Crippen LogP contribution in [0, 0.1) is 11.3 Å². The number of hydrogen-bond donors (Lipinski definition) is 1. The summed E-state index contributed by atoms with van der Waals surface area (Å²) in [6.45, 7) is 18.1. The van der Waals surface area contributed by atoms with Gasteiger partial charge in [0.2, 0.25) is 0 Å². The number of nitrogens with two attached hydrogens (primary N) is 1. The first-order valence-electron chi connectivity index (χ1n) is 6.73. The van der Waals surface area contributed by atoms with E-state index >= 15 is 0 Å². The highest BCUT2D eigenvalue weighted by Crippen LogP contribution is 2.28. The maximum absolute atomic E-state index is 6.31. The predicted octanol–water partition coefficient (Wildman–Crippen LogP) is 3.12. The first-order valence-corrected chi connectivity index (χ1v) is 6.73. The molecule has 0 saturated heterocycles. The Hall–Kier alpha value is -0.0800. The van der Waals surface area contributed by atoms with Gasteiger partial charge in [0.1, 0.15) is 0 Å². The fourth-order valence-electron chi connectivity index (χ4n) is 2.59. The van der Waals surface area contributed by atoms with Crippen LogP contribution in [-0.2, 0) is 0 Å². The van der Waals surface area contributed by atoms with Crippen LogP contribution in [0.1, 0.15) is 54.9 Å². The summed E-state index contributed by atoms with van der Waals surface area (Å²) >= 11 is 0. The molecule has 0 aliphatic rings. The molecule has 2 heteroatoms. The van der Waals surface area contributed by atoms with Crippen LogP contribution in [0.5, 0.6) is 0 Å². The summed E-state index contributed by atoms with van der Waals surface area (Å²) in [5.74, 6) is 0.703. The van der Waals surface area contributed by atoms with Gasteiger partial charge in [0, 0.05) is 18.6 Å². The van der Waals surface area contributed by atoms with Gasteiger partial charge in [-0.2, -0.15) is 0 Å². The number of rotatable bonds is 6. The standard InChI is InChI=1S/C14H32N2/c1-8-12(15)13(14(5,6)7)16(9-2)10-11(3)4/h11-13H,8-10,15H2,1-7H3. The van der Waals surface area contributed by atoms with Crippen LogP contribution in [0.3, 0.4) is 0 Å². The van der Waals surface area contributed by atoms with Gasteiger partial charge >= 0.3 is 0 Å². The van der Waals surface area contributed by atoms with E-state index in [-0.39, 0.29) is 11.5 Å². The van der Waals surface area contributed by atoms with Crippen LogP contribution in [-0.4, -0.2) is 30.1 Å². The van der Waals surface area contributed by atoms with Gasteiger partial charge in [0.15, 0.2) is 0 Å². The van der Waals surface area contributed by atoms with Crippen LogP contribution in [0.15, 0.2) is 0 Å². The lowest BCUT2D eigenvalue weighted by molar-refractivity contribution is 0.0708. The van der Waals surface area contributed by atoms with Crippen molar-refractivity contribution in [1.82, 2.24) is 4.90 Å². The van der Waals surface area contributed by atoms with Gasteiger partial charge in [-0.05, 0) is 24.3 Å². The molecule has 0 aliphatic heterocycles. The lowest BCUT2D eigenvalue weighted by atomic mass is 9.80. The second kappa shape index (κ2) is 6.61. The van der Waals surface area contributed by atoms with E-state index in [4.69, 9.17) is 5.73 Å². The maximum Gasteiger partial charge on any atom is 0.0295 e. The van der Waals surface area contributed by atoms with Crippen molar-refractivity contribution in [3.63, 3.8) is 0 Å². The lowest BCUT2D eigenvalue weighted by Gasteiger charge is -2.43. The molecule has 0 fully saturated rings. The second-order valence-corrected chi connectivity index (χ2v) is 6.36. The Morgan fingerprint density at radius 3 is 1.88 bits per heavy atom. The first kappa shape index (κ1) is 15.9. The summed E-state index contributed by atoms with van der Waals surface area (Å²) in [6, 6.07) is 0.753. The smallest absolute Gasteiger partial charge is 0.0295 e. The average Bonchev–Trinajstić information content (AvgIpc) is 2.13. The molecular formula is C14H32N2. The Labute approximate surface area is 103 Å². The van der Waals surface area contributed by atoms with E-state index in [9.17, 15) is 0 Å². The minimum Gasteiger partial charge on any atom is -0.326 e. The zero-order valence-corrected chi connectivity index (χ0v) is 12.4. The molecule has 0 aromatic heterocycles. The highest BCUT2D eigenvalue weighted by Gasteiger charge is 2.33. The quantitative estimate of drug-likeness (QED) is 0.757. The van der Waals surface area contributed by atoms with Crippen LogP contribution in [0.4, 0.5) is 0 Å². The molecule has 0 aromatic carbocycles. The van der Waals surface area contributed by atoms with Crippen molar-refractivity contribution in [2.45, 2.75) is 67.0 Å². The van der Waals surface area contributed by atoms with Crippen molar-refractivity contribution in [1.29, 1.82) is 0 Å². The zero-order chi connectivity index (χ0) is 12.9. The summed E-state index contributed by atoms with van der Waals surface area (Å²) in [6.07, 6.45) is 1.05. The summed E-state index contributed by atoms with van der Waals surface area (Å²) in [5, 5.41) is 0. The Bertz CT molecular complexity index is 182. The van der Waals surface area contributed by atoms with Crippen molar-refractivity contribution in [3.8, 4) is 0 Å². The highest BCUT2D eigenvalue weighted by molar-refractivity contribution is 4.90. The Morgan fingerprint density at radius 1 is 1.12 bits per heavy atom. The highest BCUT2D eigenvalue weighted by atomic mass is 15.2. The van der Waals surface area contributed by atoms with E-state index in [2.05, 4.69) is 53.4 Å². The molecule has 0 rings (SSSR count). The van der Waals surface area contributed by atoms with Crippen LogP contribution in [0.25, 0.3) is 0 Å². The van der Waals surface area contributed by atoms with E-state index in [1.54, 1.807) is 0 Å². The molecule has 0 radical (unpaired) electrons. The van der Waals surface area contributed by atoms with Gasteiger partial charge in [-0.15, -0.1) is 0 Å². The molecule has 2 unspecified atom stereocenters.